The topological polar surface area (TPSA) is 32.3 Å². The fraction of sp³-hybridized carbons (Fsp3) is 0.562. The van der Waals surface area contributed by atoms with E-state index in [0.29, 0.717) is 17.8 Å². The number of nitrogens with zero attached hydrogens (tertiary/aromatic N) is 1. The van der Waals surface area contributed by atoms with Crippen LogP contribution in [0.2, 0.25) is 0 Å². The smallest absolute Gasteiger partial charge is 0.230 e. The Bertz CT molecular complexity index is 491. The van der Waals surface area contributed by atoms with Crippen LogP contribution >= 0.6 is 0 Å². The zero-order valence-electron chi connectivity index (χ0n) is 11.8. The molecule has 4 unspecified atom stereocenters. The van der Waals surface area contributed by atoms with E-state index in [1.54, 1.807) is 0 Å². The molecule has 4 atom stereocenters. The Balaban J connectivity index is 1.90. The minimum Gasteiger partial charge on any atom is -0.363 e. The highest BCUT2D eigenvalue weighted by molar-refractivity contribution is 5.85. The van der Waals surface area contributed by atoms with Crippen molar-refractivity contribution in [3.05, 3.63) is 36.8 Å². The van der Waals surface area contributed by atoms with Gasteiger partial charge in [0.15, 0.2) is 0 Å². The molecule has 0 bridgehead atoms. The first-order chi connectivity index (χ1) is 8.91. The van der Waals surface area contributed by atoms with Crippen molar-refractivity contribution in [1.29, 1.82) is 0 Å². The van der Waals surface area contributed by atoms with Crippen molar-refractivity contribution in [3.8, 4) is 0 Å². The van der Waals surface area contributed by atoms with Gasteiger partial charge in [0.25, 0.3) is 0 Å². The van der Waals surface area contributed by atoms with Crippen LogP contribution in [-0.2, 0) is 4.79 Å². The zero-order chi connectivity index (χ0) is 13.9. The number of hydrogen-bond acceptors (Lipinski definition) is 2. The molecule has 19 heavy (non-hydrogen) atoms. The van der Waals surface area contributed by atoms with Crippen LogP contribution in [-0.4, -0.2) is 17.4 Å². The lowest BCUT2D eigenvalue weighted by Gasteiger charge is -2.24. The second kappa shape index (κ2) is 3.99. The van der Waals surface area contributed by atoms with Crippen molar-refractivity contribution in [2.45, 2.75) is 20.3 Å². The fourth-order valence-electron chi connectivity index (χ4n) is 4.06. The molecular formula is C16H22N2O. The van der Waals surface area contributed by atoms with E-state index in [-0.39, 0.29) is 17.7 Å². The first kappa shape index (κ1) is 12.5. The van der Waals surface area contributed by atoms with Crippen LogP contribution in [0, 0.1) is 29.6 Å². The summed E-state index contributed by atoms with van der Waals surface area (Å²) in [5, 5.41) is 3.26. The summed E-state index contributed by atoms with van der Waals surface area (Å²) in [4.78, 5) is 14.5. The summed E-state index contributed by atoms with van der Waals surface area (Å²) in [5.74, 6) is 1.73. The van der Waals surface area contributed by atoms with Crippen molar-refractivity contribution in [3.63, 3.8) is 0 Å². The minimum atomic E-state index is 0.0943. The molecule has 0 radical (unpaired) electrons. The highest BCUT2D eigenvalue weighted by atomic mass is 16.2. The summed E-state index contributed by atoms with van der Waals surface area (Å²) in [7, 11) is 0. The Morgan fingerprint density at radius 3 is 2.53 bits per heavy atom. The number of hydrogen-bond donors (Lipinski definition) is 1. The van der Waals surface area contributed by atoms with Gasteiger partial charge in [-0.05, 0) is 12.3 Å². The summed E-state index contributed by atoms with van der Waals surface area (Å²) < 4.78 is 0. The Morgan fingerprint density at radius 1 is 1.21 bits per heavy atom. The van der Waals surface area contributed by atoms with Gasteiger partial charge in [-0.1, -0.05) is 33.6 Å². The molecule has 0 aromatic carbocycles. The first-order valence-corrected chi connectivity index (χ1v) is 7.06. The van der Waals surface area contributed by atoms with Gasteiger partial charge in [0, 0.05) is 47.3 Å². The van der Waals surface area contributed by atoms with Crippen molar-refractivity contribution in [1.82, 2.24) is 10.2 Å². The number of amides is 1. The van der Waals surface area contributed by atoms with Gasteiger partial charge in [0.05, 0.1) is 0 Å². The predicted octanol–water partition coefficient (Wildman–Crippen LogP) is 2.50. The Hall–Kier alpha value is -1.51. The highest BCUT2D eigenvalue weighted by Gasteiger charge is 2.58. The van der Waals surface area contributed by atoms with Crippen LogP contribution in [0.3, 0.4) is 0 Å². The van der Waals surface area contributed by atoms with Gasteiger partial charge in [0.1, 0.15) is 0 Å². The van der Waals surface area contributed by atoms with Crippen LogP contribution in [0.1, 0.15) is 20.3 Å². The fourth-order valence-corrected chi connectivity index (χ4v) is 4.06. The average molecular weight is 258 g/mol. The van der Waals surface area contributed by atoms with Crippen molar-refractivity contribution in [2.75, 3.05) is 6.54 Å². The molecule has 102 valence electrons. The third-order valence-electron chi connectivity index (χ3n) is 4.80. The van der Waals surface area contributed by atoms with Gasteiger partial charge >= 0.3 is 0 Å². The third-order valence-corrected chi connectivity index (χ3v) is 4.80. The molecule has 3 rings (SSSR count). The van der Waals surface area contributed by atoms with Gasteiger partial charge in [-0.3, -0.25) is 4.79 Å². The number of allylic oxidation sites excluding steroid dienone is 3. The van der Waals surface area contributed by atoms with Crippen LogP contribution in [0.5, 0.6) is 0 Å². The standard InChI is InChI=1S/C16H22N2O/c1-8(2)7-18-11(5)15-13(16(18)19)6-12-9(3)17-10(4)14(12)15/h8,12-15,17H,3-7H2,1-2H3. The van der Waals surface area contributed by atoms with Crippen LogP contribution in [0.25, 0.3) is 0 Å². The number of likely N-dealkylation sites (tertiary alicyclic amines) is 1. The largest absolute Gasteiger partial charge is 0.363 e. The van der Waals surface area contributed by atoms with Crippen LogP contribution in [0.4, 0.5) is 0 Å². The van der Waals surface area contributed by atoms with Gasteiger partial charge in [-0.25, -0.2) is 0 Å². The van der Waals surface area contributed by atoms with E-state index in [1.165, 1.54) is 0 Å². The number of fused-ring (bicyclic) bond motifs is 3. The SMILES string of the molecule is C=C1NC(=C)C2C1CC1C(=O)N(CC(C)C)C(=C)C12. The first-order valence-electron chi connectivity index (χ1n) is 7.06. The monoisotopic (exact) mass is 258 g/mol. The maximum Gasteiger partial charge on any atom is 0.230 e. The molecule has 2 aliphatic heterocycles. The molecule has 1 amide bonds. The van der Waals surface area contributed by atoms with E-state index in [2.05, 4.69) is 38.9 Å². The van der Waals surface area contributed by atoms with Crippen molar-refractivity contribution >= 4 is 5.91 Å². The number of carbonyl (C=O) groups excluding carboxylic acids is 1. The van der Waals surface area contributed by atoms with Gasteiger partial charge in [0.2, 0.25) is 5.91 Å². The Kier molecular flexibility index (Phi) is 2.63. The quantitative estimate of drug-likeness (QED) is 0.825. The molecule has 1 saturated carbocycles. The molecular weight excluding hydrogens is 236 g/mol. The molecule has 2 heterocycles. The molecule has 3 fully saturated rings. The summed E-state index contributed by atoms with van der Waals surface area (Å²) in [5.41, 5.74) is 3.04. The van der Waals surface area contributed by atoms with Crippen molar-refractivity contribution < 1.29 is 4.79 Å². The molecule has 0 spiro atoms. The molecule has 0 aromatic rings. The van der Waals surface area contributed by atoms with E-state index in [9.17, 15) is 4.79 Å². The van der Waals surface area contributed by atoms with E-state index in [0.717, 1.165) is 30.1 Å². The molecule has 3 nitrogen and oxygen atoms in total. The number of carbonyl (C=O) groups is 1. The molecule has 3 heteroatoms. The zero-order valence-corrected chi connectivity index (χ0v) is 11.8. The van der Waals surface area contributed by atoms with E-state index in [1.807, 2.05) is 4.90 Å². The normalized spacial score (nSPS) is 37.1. The van der Waals surface area contributed by atoms with Crippen molar-refractivity contribution in [2.24, 2.45) is 29.6 Å². The maximum atomic E-state index is 12.6. The lowest BCUT2D eigenvalue weighted by Crippen LogP contribution is -2.30. The average Bonchev–Trinajstić information content (AvgIpc) is 2.90. The highest BCUT2D eigenvalue weighted by Crippen LogP contribution is 2.57. The lowest BCUT2D eigenvalue weighted by atomic mass is 9.86. The molecule has 2 saturated heterocycles. The van der Waals surface area contributed by atoms with Gasteiger partial charge < -0.3 is 10.2 Å². The molecule has 1 N–H and O–H groups in total. The third kappa shape index (κ3) is 1.60. The van der Waals surface area contributed by atoms with E-state index in [4.69, 9.17) is 0 Å². The minimum absolute atomic E-state index is 0.0943. The predicted molar refractivity (Wildman–Crippen MR) is 75.7 cm³/mol. The van der Waals surface area contributed by atoms with E-state index < -0.39 is 0 Å². The second-order valence-corrected chi connectivity index (χ2v) is 6.51. The second-order valence-electron chi connectivity index (χ2n) is 6.51. The van der Waals surface area contributed by atoms with E-state index >= 15 is 0 Å². The molecule has 1 aliphatic carbocycles. The maximum absolute atomic E-state index is 12.6. The Labute approximate surface area is 115 Å². The number of rotatable bonds is 2. The van der Waals surface area contributed by atoms with Crippen LogP contribution in [0.15, 0.2) is 36.8 Å². The van der Waals surface area contributed by atoms with Gasteiger partial charge in [-0.2, -0.15) is 0 Å². The van der Waals surface area contributed by atoms with Crippen LogP contribution < -0.4 is 5.32 Å². The summed E-state index contributed by atoms with van der Waals surface area (Å²) >= 11 is 0. The summed E-state index contributed by atoms with van der Waals surface area (Å²) in [6, 6.07) is 0. The lowest BCUT2D eigenvalue weighted by molar-refractivity contribution is -0.130. The molecule has 3 aliphatic rings. The summed E-state index contributed by atoms with van der Waals surface area (Å²) in [6.07, 6.45) is 0.895. The number of nitrogens with one attached hydrogen (secondary N) is 1. The van der Waals surface area contributed by atoms with Gasteiger partial charge in [-0.15, -0.1) is 0 Å². The Morgan fingerprint density at radius 2 is 1.89 bits per heavy atom. The summed E-state index contributed by atoms with van der Waals surface area (Å²) in [6.45, 7) is 17.4. The molecule has 0 aromatic heterocycles.